The smallest absolute Gasteiger partial charge is 0.234 e. The van der Waals surface area contributed by atoms with Crippen LogP contribution in [0.1, 0.15) is 23.8 Å². The number of aryl methyl sites for hydroxylation is 1. The van der Waals surface area contributed by atoms with Gasteiger partial charge >= 0.3 is 0 Å². The number of carbonyl (C=O) groups is 1. The predicted molar refractivity (Wildman–Crippen MR) is 109 cm³/mol. The van der Waals surface area contributed by atoms with Crippen molar-refractivity contribution in [3.05, 3.63) is 46.1 Å². The molecule has 7 heteroatoms. The SMILES string of the molecule is C[C@@H]1CCc2c(sc3ncnc(SCC(=O)Nc4ccccc4Cl)c23)C1. The minimum Gasteiger partial charge on any atom is -0.324 e. The number of amides is 1. The van der Waals surface area contributed by atoms with Crippen molar-refractivity contribution in [1.29, 1.82) is 0 Å². The molecule has 4 rings (SSSR count). The summed E-state index contributed by atoms with van der Waals surface area (Å²) in [5.74, 6) is 0.923. The van der Waals surface area contributed by atoms with E-state index in [0.717, 1.165) is 34.0 Å². The van der Waals surface area contributed by atoms with Crippen molar-refractivity contribution in [3.63, 3.8) is 0 Å². The Balaban J connectivity index is 1.52. The highest BCUT2D eigenvalue weighted by atomic mass is 35.5. The molecule has 2 heterocycles. The molecule has 0 unspecified atom stereocenters. The lowest BCUT2D eigenvalue weighted by atomic mass is 9.89. The monoisotopic (exact) mass is 403 g/mol. The first kappa shape index (κ1) is 17.8. The highest BCUT2D eigenvalue weighted by Gasteiger charge is 2.23. The summed E-state index contributed by atoms with van der Waals surface area (Å²) >= 11 is 9.34. The largest absolute Gasteiger partial charge is 0.324 e. The van der Waals surface area contributed by atoms with Crippen molar-refractivity contribution in [2.24, 2.45) is 5.92 Å². The number of thiophene rings is 1. The quantitative estimate of drug-likeness (QED) is 0.480. The molecule has 0 fully saturated rings. The van der Waals surface area contributed by atoms with E-state index in [2.05, 4.69) is 22.2 Å². The lowest BCUT2D eigenvalue weighted by Gasteiger charge is -2.18. The van der Waals surface area contributed by atoms with Gasteiger partial charge in [0.2, 0.25) is 5.91 Å². The third-order valence-corrected chi connectivity index (χ3v) is 7.03. The Hall–Kier alpha value is -1.63. The van der Waals surface area contributed by atoms with Crippen LogP contribution in [-0.4, -0.2) is 21.6 Å². The lowest BCUT2D eigenvalue weighted by Crippen LogP contribution is -2.14. The number of fused-ring (bicyclic) bond motifs is 3. The third kappa shape index (κ3) is 3.59. The van der Waals surface area contributed by atoms with Crippen LogP contribution >= 0.6 is 34.7 Å². The lowest BCUT2D eigenvalue weighted by molar-refractivity contribution is -0.113. The van der Waals surface area contributed by atoms with E-state index >= 15 is 0 Å². The number of hydrogen-bond acceptors (Lipinski definition) is 5. The van der Waals surface area contributed by atoms with E-state index in [-0.39, 0.29) is 5.91 Å². The molecule has 1 N–H and O–H groups in total. The van der Waals surface area contributed by atoms with Crippen LogP contribution in [0.2, 0.25) is 5.02 Å². The van der Waals surface area contributed by atoms with Gasteiger partial charge in [0, 0.05) is 10.3 Å². The molecule has 1 aliphatic rings. The van der Waals surface area contributed by atoms with Crippen molar-refractivity contribution < 1.29 is 4.79 Å². The molecule has 4 nitrogen and oxygen atoms in total. The molecular weight excluding hydrogens is 386 g/mol. The molecule has 1 atom stereocenters. The van der Waals surface area contributed by atoms with E-state index in [0.29, 0.717) is 16.5 Å². The van der Waals surface area contributed by atoms with Gasteiger partial charge in [-0.15, -0.1) is 11.3 Å². The van der Waals surface area contributed by atoms with Gasteiger partial charge in [0.05, 0.1) is 16.5 Å². The fourth-order valence-electron chi connectivity index (χ4n) is 3.24. The van der Waals surface area contributed by atoms with Gasteiger partial charge in [-0.2, -0.15) is 0 Å². The number of aromatic nitrogens is 2. The summed E-state index contributed by atoms with van der Waals surface area (Å²) in [5.41, 5.74) is 2.02. The van der Waals surface area contributed by atoms with Gasteiger partial charge in [-0.1, -0.05) is 42.4 Å². The standard InChI is InChI=1S/C19H18ClN3OS2/c1-11-6-7-12-15(8-11)26-19-17(12)18(21-10-22-19)25-9-16(24)23-14-5-3-2-4-13(14)20/h2-5,10-11H,6-9H2,1H3,(H,23,24)/t11-/m1/s1. The highest BCUT2D eigenvalue weighted by molar-refractivity contribution is 8.00. The number of rotatable bonds is 4. The van der Waals surface area contributed by atoms with Crippen molar-refractivity contribution in [2.75, 3.05) is 11.1 Å². The van der Waals surface area contributed by atoms with Gasteiger partial charge in [0.25, 0.3) is 0 Å². The summed E-state index contributed by atoms with van der Waals surface area (Å²) in [6, 6.07) is 7.24. The van der Waals surface area contributed by atoms with Crippen LogP contribution in [0.5, 0.6) is 0 Å². The zero-order valence-electron chi connectivity index (χ0n) is 14.3. The van der Waals surface area contributed by atoms with Gasteiger partial charge < -0.3 is 5.32 Å². The van der Waals surface area contributed by atoms with E-state index in [1.165, 1.54) is 28.6 Å². The molecule has 3 aromatic rings. The van der Waals surface area contributed by atoms with E-state index in [1.54, 1.807) is 29.8 Å². The van der Waals surface area contributed by atoms with Crippen molar-refractivity contribution in [3.8, 4) is 0 Å². The van der Waals surface area contributed by atoms with Gasteiger partial charge in [-0.25, -0.2) is 9.97 Å². The summed E-state index contributed by atoms with van der Waals surface area (Å²) in [6.07, 6.45) is 4.99. The van der Waals surface area contributed by atoms with Crippen molar-refractivity contribution in [2.45, 2.75) is 31.2 Å². The van der Waals surface area contributed by atoms with Crippen LogP contribution in [0.4, 0.5) is 5.69 Å². The fourth-order valence-corrected chi connectivity index (χ4v) is 5.66. The molecule has 0 saturated carbocycles. The molecule has 0 bridgehead atoms. The Kier molecular flexibility index (Phi) is 5.16. The number of nitrogens with one attached hydrogen (secondary N) is 1. The molecule has 0 radical (unpaired) electrons. The molecule has 134 valence electrons. The van der Waals surface area contributed by atoms with Crippen LogP contribution in [0.3, 0.4) is 0 Å². The van der Waals surface area contributed by atoms with Gasteiger partial charge in [0.1, 0.15) is 16.2 Å². The van der Waals surface area contributed by atoms with Crippen LogP contribution in [0.25, 0.3) is 10.2 Å². The second-order valence-corrected chi connectivity index (χ2v) is 8.98. The Bertz CT molecular complexity index is 973. The average molecular weight is 404 g/mol. The Labute approximate surface area is 165 Å². The maximum atomic E-state index is 12.3. The zero-order chi connectivity index (χ0) is 18.1. The van der Waals surface area contributed by atoms with Gasteiger partial charge in [0.15, 0.2) is 0 Å². The molecular formula is C19H18ClN3OS2. The highest BCUT2D eigenvalue weighted by Crippen LogP contribution is 2.40. The van der Waals surface area contributed by atoms with Crippen LogP contribution < -0.4 is 5.32 Å². The minimum absolute atomic E-state index is 0.0902. The fraction of sp³-hybridized carbons (Fsp3) is 0.316. The molecule has 0 saturated heterocycles. The zero-order valence-corrected chi connectivity index (χ0v) is 16.7. The number of thioether (sulfide) groups is 1. The minimum atomic E-state index is -0.0902. The Morgan fingerprint density at radius 1 is 1.38 bits per heavy atom. The van der Waals surface area contributed by atoms with Crippen LogP contribution in [0, 0.1) is 5.92 Å². The third-order valence-electron chi connectivity index (χ3n) is 4.54. The first-order chi connectivity index (χ1) is 12.6. The van der Waals surface area contributed by atoms with Crippen LogP contribution in [-0.2, 0) is 17.6 Å². The second-order valence-electron chi connectivity index (χ2n) is 6.53. The molecule has 2 aromatic heterocycles. The molecule has 26 heavy (non-hydrogen) atoms. The van der Waals surface area contributed by atoms with E-state index in [1.807, 2.05) is 12.1 Å². The Morgan fingerprint density at radius 3 is 3.08 bits per heavy atom. The normalized spacial score (nSPS) is 16.5. The maximum absolute atomic E-state index is 12.3. The number of para-hydroxylation sites is 1. The van der Waals surface area contributed by atoms with Crippen molar-refractivity contribution >= 4 is 56.5 Å². The summed E-state index contributed by atoms with van der Waals surface area (Å²) < 4.78 is 0. The second kappa shape index (κ2) is 7.55. The number of carbonyl (C=O) groups excluding carboxylic acids is 1. The molecule has 0 aliphatic heterocycles. The van der Waals surface area contributed by atoms with E-state index < -0.39 is 0 Å². The molecule has 0 spiro atoms. The Morgan fingerprint density at radius 2 is 2.23 bits per heavy atom. The van der Waals surface area contributed by atoms with E-state index in [9.17, 15) is 4.79 Å². The molecule has 1 amide bonds. The van der Waals surface area contributed by atoms with Gasteiger partial charge in [-0.05, 0) is 42.9 Å². The predicted octanol–water partition coefficient (Wildman–Crippen LogP) is 5.20. The first-order valence-electron chi connectivity index (χ1n) is 8.54. The summed E-state index contributed by atoms with van der Waals surface area (Å²) in [6.45, 7) is 2.30. The number of hydrogen-bond donors (Lipinski definition) is 1. The molecule has 1 aliphatic carbocycles. The maximum Gasteiger partial charge on any atom is 0.234 e. The van der Waals surface area contributed by atoms with E-state index in [4.69, 9.17) is 11.6 Å². The topological polar surface area (TPSA) is 54.9 Å². The number of halogens is 1. The van der Waals surface area contributed by atoms with Crippen molar-refractivity contribution in [1.82, 2.24) is 9.97 Å². The molecule has 1 aromatic carbocycles. The average Bonchev–Trinajstić information content (AvgIpc) is 3.00. The summed E-state index contributed by atoms with van der Waals surface area (Å²) in [7, 11) is 0. The summed E-state index contributed by atoms with van der Waals surface area (Å²) in [5, 5.41) is 5.44. The number of benzene rings is 1. The first-order valence-corrected chi connectivity index (χ1v) is 10.7. The van der Waals surface area contributed by atoms with Gasteiger partial charge in [-0.3, -0.25) is 4.79 Å². The summed E-state index contributed by atoms with van der Waals surface area (Å²) in [4.78, 5) is 23.7. The number of nitrogens with zero attached hydrogens (tertiary/aromatic N) is 2. The van der Waals surface area contributed by atoms with Crippen LogP contribution in [0.15, 0.2) is 35.6 Å². The number of anilines is 1.